The molecule has 0 aliphatic rings. The normalized spacial score (nSPS) is 11.4. The predicted octanol–water partition coefficient (Wildman–Crippen LogP) is 6.86. The molecule has 1 N–H and O–H groups in total. The van der Waals surface area contributed by atoms with Crippen molar-refractivity contribution >= 4 is 62.2 Å². The highest BCUT2D eigenvalue weighted by atomic mass is 79.9. The maximum Gasteiger partial charge on any atom is 0.234 e. The second-order valence-corrected chi connectivity index (χ2v) is 10.3. The van der Waals surface area contributed by atoms with Crippen LogP contribution in [0.5, 0.6) is 0 Å². The molecule has 0 saturated heterocycles. The van der Waals surface area contributed by atoms with Crippen molar-refractivity contribution in [3.8, 4) is 11.4 Å². The first-order chi connectivity index (χ1) is 13.8. The van der Waals surface area contributed by atoms with E-state index in [1.54, 1.807) is 23.5 Å². The molecule has 9 heteroatoms. The molecule has 5 nitrogen and oxygen atoms in total. The average Bonchev–Trinajstić information content (AvgIpc) is 3.29. The van der Waals surface area contributed by atoms with Gasteiger partial charge in [-0.25, -0.2) is 0 Å². The van der Waals surface area contributed by atoms with Crippen molar-refractivity contribution in [1.29, 1.82) is 0 Å². The molecule has 2 heterocycles. The van der Waals surface area contributed by atoms with Gasteiger partial charge in [-0.15, -0.1) is 21.5 Å². The van der Waals surface area contributed by atoms with E-state index in [4.69, 9.17) is 11.6 Å². The number of amides is 1. The van der Waals surface area contributed by atoms with Crippen molar-refractivity contribution in [2.45, 2.75) is 44.8 Å². The molecule has 0 aliphatic carbocycles. The van der Waals surface area contributed by atoms with E-state index in [0.717, 1.165) is 21.0 Å². The van der Waals surface area contributed by atoms with E-state index in [-0.39, 0.29) is 17.7 Å². The molecule has 0 saturated carbocycles. The SMILES string of the molecule is CC(C)c1cc(-c2nnc(SCC(=O)Nc3ccc(Br)cc3Cl)n2C(C)C)cs1. The number of rotatable bonds is 7. The van der Waals surface area contributed by atoms with Crippen LogP contribution in [-0.2, 0) is 4.79 Å². The van der Waals surface area contributed by atoms with Gasteiger partial charge in [-0.2, -0.15) is 0 Å². The van der Waals surface area contributed by atoms with Crippen LogP contribution < -0.4 is 5.32 Å². The van der Waals surface area contributed by atoms with Crippen molar-refractivity contribution in [1.82, 2.24) is 14.8 Å². The number of anilines is 1. The molecule has 29 heavy (non-hydrogen) atoms. The van der Waals surface area contributed by atoms with Gasteiger partial charge in [-0.05, 0) is 44.0 Å². The standard InChI is InChI=1S/C20H22BrClN4OS2/c1-11(2)17-7-13(9-28-17)19-24-25-20(26(19)12(3)4)29-10-18(27)23-16-6-5-14(21)8-15(16)22/h5-9,11-12H,10H2,1-4H3,(H,23,27). The molecule has 0 bridgehead atoms. The number of halogens is 2. The van der Waals surface area contributed by atoms with E-state index in [0.29, 0.717) is 16.6 Å². The topological polar surface area (TPSA) is 59.8 Å². The molecule has 2 aromatic heterocycles. The zero-order chi connectivity index (χ0) is 21.1. The lowest BCUT2D eigenvalue weighted by Gasteiger charge is -2.13. The van der Waals surface area contributed by atoms with Crippen LogP contribution in [0.25, 0.3) is 11.4 Å². The largest absolute Gasteiger partial charge is 0.324 e. The summed E-state index contributed by atoms with van der Waals surface area (Å²) in [4.78, 5) is 13.7. The summed E-state index contributed by atoms with van der Waals surface area (Å²) in [6.45, 7) is 8.55. The van der Waals surface area contributed by atoms with Crippen LogP contribution in [0.3, 0.4) is 0 Å². The number of carbonyl (C=O) groups excluding carboxylic acids is 1. The number of nitrogens with zero attached hydrogens (tertiary/aromatic N) is 3. The number of aromatic nitrogens is 3. The first-order valence-electron chi connectivity index (χ1n) is 9.17. The van der Waals surface area contributed by atoms with Crippen molar-refractivity contribution in [3.63, 3.8) is 0 Å². The van der Waals surface area contributed by atoms with Gasteiger partial charge in [0.15, 0.2) is 11.0 Å². The summed E-state index contributed by atoms with van der Waals surface area (Å²) >= 11 is 12.6. The first kappa shape index (κ1) is 22.3. The Kier molecular flexibility index (Phi) is 7.42. The minimum absolute atomic E-state index is 0.142. The molecule has 1 amide bonds. The van der Waals surface area contributed by atoms with E-state index < -0.39 is 0 Å². The average molecular weight is 514 g/mol. The smallest absolute Gasteiger partial charge is 0.234 e. The second kappa shape index (κ2) is 9.64. The van der Waals surface area contributed by atoms with Crippen molar-refractivity contribution in [2.24, 2.45) is 0 Å². The zero-order valence-electron chi connectivity index (χ0n) is 16.6. The molecule has 1 aromatic carbocycles. The van der Waals surface area contributed by atoms with Crippen LogP contribution in [0.15, 0.2) is 39.3 Å². The number of nitrogens with one attached hydrogen (secondary N) is 1. The number of hydrogen-bond donors (Lipinski definition) is 1. The molecule has 3 aromatic rings. The van der Waals surface area contributed by atoms with Gasteiger partial charge in [0, 0.05) is 26.3 Å². The molecule has 154 valence electrons. The Morgan fingerprint density at radius 3 is 2.66 bits per heavy atom. The summed E-state index contributed by atoms with van der Waals surface area (Å²) in [5, 5.41) is 14.9. The monoisotopic (exact) mass is 512 g/mol. The van der Waals surface area contributed by atoms with Crippen molar-refractivity contribution in [2.75, 3.05) is 11.1 Å². The van der Waals surface area contributed by atoms with Crippen molar-refractivity contribution < 1.29 is 4.79 Å². The van der Waals surface area contributed by atoms with Gasteiger partial charge in [0.25, 0.3) is 0 Å². The van der Waals surface area contributed by atoms with Gasteiger partial charge in [-0.3, -0.25) is 9.36 Å². The Morgan fingerprint density at radius 2 is 2.03 bits per heavy atom. The Bertz CT molecular complexity index is 1020. The minimum Gasteiger partial charge on any atom is -0.324 e. The van der Waals surface area contributed by atoms with Gasteiger partial charge >= 0.3 is 0 Å². The highest BCUT2D eigenvalue weighted by Crippen LogP contribution is 2.33. The van der Waals surface area contributed by atoms with E-state index >= 15 is 0 Å². The first-order valence-corrected chi connectivity index (χ1v) is 12.2. The quantitative estimate of drug-likeness (QED) is 0.351. The summed E-state index contributed by atoms with van der Waals surface area (Å²) in [6, 6.07) is 7.70. The fraction of sp³-hybridized carbons (Fsp3) is 0.350. The molecular formula is C20H22BrClN4OS2. The van der Waals surface area contributed by atoms with E-state index in [2.05, 4.69) is 75.2 Å². The summed E-state index contributed by atoms with van der Waals surface area (Å²) in [7, 11) is 0. The predicted molar refractivity (Wildman–Crippen MR) is 126 cm³/mol. The summed E-state index contributed by atoms with van der Waals surface area (Å²) < 4.78 is 2.94. The fourth-order valence-electron chi connectivity index (χ4n) is 2.72. The van der Waals surface area contributed by atoms with Crippen LogP contribution >= 0.6 is 50.6 Å². The molecule has 0 radical (unpaired) electrons. The molecule has 0 atom stereocenters. The number of thioether (sulfide) groups is 1. The van der Waals surface area contributed by atoms with E-state index in [9.17, 15) is 4.79 Å². The Morgan fingerprint density at radius 1 is 1.28 bits per heavy atom. The minimum atomic E-state index is -0.142. The highest BCUT2D eigenvalue weighted by molar-refractivity contribution is 9.10. The van der Waals surface area contributed by atoms with Crippen LogP contribution in [0.1, 0.15) is 44.5 Å². The summed E-state index contributed by atoms with van der Waals surface area (Å²) in [5.41, 5.74) is 1.66. The van der Waals surface area contributed by atoms with Gasteiger partial charge in [0.05, 0.1) is 16.5 Å². The summed E-state index contributed by atoms with van der Waals surface area (Å²) in [5.74, 6) is 1.39. The molecule has 0 spiro atoms. The van der Waals surface area contributed by atoms with Crippen molar-refractivity contribution in [3.05, 3.63) is 44.0 Å². The second-order valence-electron chi connectivity index (χ2n) is 7.12. The third kappa shape index (κ3) is 5.42. The van der Waals surface area contributed by atoms with Crippen LogP contribution in [0.4, 0.5) is 5.69 Å². The molecule has 0 unspecified atom stereocenters. The lowest BCUT2D eigenvalue weighted by molar-refractivity contribution is -0.113. The lowest BCUT2D eigenvalue weighted by Crippen LogP contribution is -2.15. The number of thiophene rings is 1. The maximum atomic E-state index is 12.4. The molecule has 3 rings (SSSR count). The van der Waals surface area contributed by atoms with Crippen LogP contribution in [0, 0.1) is 0 Å². The number of hydrogen-bond acceptors (Lipinski definition) is 5. The van der Waals surface area contributed by atoms with Gasteiger partial charge in [0.2, 0.25) is 5.91 Å². The van der Waals surface area contributed by atoms with Gasteiger partial charge in [0.1, 0.15) is 0 Å². The fourth-order valence-corrected chi connectivity index (χ4v) is 5.21. The Hall–Kier alpha value is -1.35. The lowest BCUT2D eigenvalue weighted by atomic mass is 10.1. The number of carbonyl (C=O) groups is 1. The molecule has 0 fully saturated rings. The molecule has 0 aliphatic heterocycles. The summed E-state index contributed by atoms with van der Waals surface area (Å²) in [6.07, 6.45) is 0. The van der Waals surface area contributed by atoms with E-state index in [1.807, 2.05) is 6.07 Å². The van der Waals surface area contributed by atoms with Crippen LogP contribution in [-0.4, -0.2) is 26.4 Å². The Balaban J connectivity index is 1.73. The third-order valence-corrected chi connectivity index (χ3v) is 7.15. The van der Waals surface area contributed by atoms with Gasteiger partial charge in [-0.1, -0.05) is 53.1 Å². The molecular weight excluding hydrogens is 492 g/mol. The van der Waals surface area contributed by atoms with E-state index in [1.165, 1.54) is 16.6 Å². The third-order valence-electron chi connectivity index (χ3n) is 4.17. The van der Waals surface area contributed by atoms with Crippen LogP contribution in [0.2, 0.25) is 5.02 Å². The van der Waals surface area contributed by atoms with Gasteiger partial charge < -0.3 is 5.32 Å². The Labute approximate surface area is 192 Å². The zero-order valence-corrected chi connectivity index (χ0v) is 20.5. The number of benzene rings is 1. The highest BCUT2D eigenvalue weighted by Gasteiger charge is 2.19. The maximum absolute atomic E-state index is 12.4.